The van der Waals surface area contributed by atoms with Crippen molar-refractivity contribution in [3.63, 3.8) is 0 Å². The molecule has 2 aliphatic rings. The molecule has 0 saturated carbocycles. The van der Waals surface area contributed by atoms with Crippen molar-refractivity contribution in [3.05, 3.63) is 0 Å². The van der Waals surface area contributed by atoms with Crippen molar-refractivity contribution in [2.75, 3.05) is 31.1 Å². The van der Waals surface area contributed by atoms with E-state index in [1.165, 1.54) is 31.0 Å². The fourth-order valence-corrected chi connectivity index (χ4v) is 3.26. The summed E-state index contributed by atoms with van der Waals surface area (Å²) in [5.74, 6) is 3.49. The number of thioether (sulfide) groups is 1. The molecule has 0 aliphatic carbocycles. The van der Waals surface area contributed by atoms with Crippen LogP contribution in [0.4, 0.5) is 0 Å². The molecule has 0 atom stereocenters. The summed E-state index contributed by atoms with van der Waals surface area (Å²) < 4.78 is 0. The Morgan fingerprint density at radius 2 is 2.17 bits per heavy atom. The minimum Gasteiger partial charge on any atom is -0.329 e. The van der Waals surface area contributed by atoms with Crippen LogP contribution < -0.4 is 5.73 Å². The van der Waals surface area contributed by atoms with Gasteiger partial charge in [-0.3, -0.25) is 4.90 Å². The zero-order chi connectivity index (χ0) is 8.60. The van der Waals surface area contributed by atoms with Gasteiger partial charge >= 0.3 is 0 Å². The lowest BCUT2D eigenvalue weighted by molar-refractivity contribution is 0.00668. The van der Waals surface area contributed by atoms with E-state index in [0.29, 0.717) is 5.54 Å². The van der Waals surface area contributed by atoms with E-state index < -0.39 is 0 Å². The first-order valence-corrected chi connectivity index (χ1v) is 5.99. The predicted octanol–water partition coefficient (Wildman–Crippen LogP) is 0.773. The fraction of sp³-hybridized carbons (Fsp3) is 1.00. The first-order valence-electron chi connectivity index (χ1n) is 4.83. The Hall–Kier alpha value is 0.270. The van der Waals surface area contributed by atoms with Crippen LogP contribution in [-0.2, 0) is 0 Å². The SMILES string of the molecule is CCC1CN(C2(CN)CSC2)C1. The smallest absolute Gasteiger partial charge is 0.0512 e. The first-order chi connectivity index (χ1) is 5.80. The quantitative estimate of drug-likeness (QED) is 0.706. The van der Waals surface area contributed by atoms with Gasteiger partial charge in [-0.05, 0) is 5.92 Å². The second kappa shape index (κ2) is 3.20. The highest BCUT2D eigenvalue weighted by atomic mass is 32.2. The van der Waals surface area contributed by atoms with E-state index in [1.54, 1.807) is 0 Å². The Labute approximate surface area is 78.9 Å². The van der Waals surface area contributed by atoms with Crippen LogP contribution in [-0.4, -0.2) is 41.6 Å². The zero-order valence-electron chi connectivity index (χ0n) is 7.75. The first kappa shape index (κ1) is 8.85. The third-order valence-electron chi connectivity index (χ3n) is 3.33. The summed E-state index contributed by atoms with van der Waals surface area (Å²) in [4.78, 5) is 2.59. The van der Waals surface area contributed by atoms with Crippen molar-refractivity contribution < 1.29 is 0 Å². The lowest BCUT2D eigenvalue weighted by Crippen LogP contribution is -2.69. The van der Waals surface area contributed by atoms with Crippen LogP contribution >= 0.6 is 11.8 Å². The van der Waals surface area contributed by atoms with E-state index in [9.17, 15) is 0 Å². The number of nitrogens with two attached hydrogens (primary N) is 1. The molecule has 3 heteroatoms. The normalized spacial score (nSPS) is 29.5. The van der Waals surface area contributed by atoms with Gasteiger partial charge in [0.1, 0.15) is 0 Å². The lowest BCUT2D eigenvalue weighted by Gasteiger charge is -2.56. The van der Waals surface area contributed by atoms with Crippen LogP contribution in [0.3, 0.4) is 0 Å². The highest BCUT2D eigenvalue weighted by Crippen LogP contribution is 2.38. The van der Waals surface area contributed by atoms with Gasteiger partial charge in [-0.15, -0.1) is 0 Å². The Bertz CT molecular complexity index is 156. The minimum absolute atomic E-state index is 0.413. The molecule has 2 aliphatic heterocycles. The van der Waals surface area contributed by atoms with Gasteiger partial charge in [0.15, 0.2) is 0 Å². The van der Waals surface area contributed by atoms with Crippen molar-refractivity contribution in [2.24, 2.45) is 11.7 Å². The highest BCUT2D eigenvalue weighted by Gasteiger charge is 2.46. The third-order valence-corrected chi connectivity index (χ3v) is 4.81. The van der Waals surface area contributed by atoms with Crippen LogP contribution in [0.1, 0.15) is 13.3 Å². The molecular formula is C9H18N2S. The van der Waals surface area contributed by atoms with Crippen molar-refractivity contribution >= 4 is 11.8 Å². The summed E-state index contributed by atoms with van der Waals surface area (Å²) in [7, 11) is 0. The maximum atomic E-state index is 5.81. The van der Waals surface area contributed by atoms with Crippen molar-refractivity contribution in [1.82, 2.24) is 4.90 Å². The average molecular weight is 186 g/mol. The molecule has 0 aromatic heterocycles. The second-order valence-corrected chi connectivity index (χ2v) is 5.09. The number of nitrogens with zero attached hydrogens (tertiary/aromatic N) is 1. The zero-order valence-corrected chi connectivity index (χ0v) is 8.57. The molecule has 2 N–H and O–H groups in total. The molecule has 0 aromatic carbocycles. The van der Waals surface area contributed by atoms with Gasteiger partial charge in [-0.1, -0.05) is 13.3 Å². The summed E-state index contributed by atoms with van der Waals surface area (Å²) in [6, 6.07) is 0. The molecular weight excluding hydrogens is 168 g/mol. The Morgan fingerprint density at radius 3 is 2.50 bits per heavy atom. The third kappa shape index (κ3) is 1.19. The van der Waals surface area contributed by atoms with E-state index in [1.807, 2.05) is 11.8 Å². The molecule has 0 amide bonds. The summed E-state index contributed by atoms with van der Waals surface area (Å²) in [6.45, 7) is 5.74. The molecule has 0 spiro atoms. The molecule has 2 heterocycles. The van der Waals surface area contributed by atoms with Crippen molar-refractivity contribution in [1.29, 1.82) is 0 Å². The van der Waals surface area contributed by atoms with Crippen molar-refractivity contribution in [3.8, 4) is 0 Å². The van der Waals surface area contributed by atoms with E-state index in [0.717, 1.165) is 12.5 Å². The van der Waals surface area contributed by atoms with Crippen molar-refractivity contribution in [2.45, 2.75) is 18.9 Å². The van der Waals surface area contributed by atoms with Gasteiger partial charge in [0.2, 0.25) is 0 Å². The van der Waals surface area contributed by atoms with E-state index in [2.05, 4.69) is 11.8 Å². The number of likely N-dealkylation sites (tertiary alicyclic amines) is 1. The van der Waals surface area contributed by atoms with Crippen LogP contribution in [0.2, 0.25) is 0 Å². The summed E-state index contributed by atoms with van der Waals surface area (Å²) in [5, 5.41) is 0. The molecule has 70 valence electrons. The minimum atomic E-state index is 0.413. The van der Waals surface area contributed by atoms with Gasteiger partial charge in [0, 0.05) is 31.1 Å². The van der Waals surface area contributed by atoms with E-state index in [4.69, 9.17) is 5.73 Å². The summed E-state index contributed by atoms with van der Waals surface area (Å²) in [6.07, 6.45) is 1.34. The van der Waals surface area contributed by atoms with Crippen LogP contribution in [0, 0.1) is 5.92 Å². The van der Waals surface area contributed by atoms with Gasteiger partial charge < -0.3 is 5.73 Å². The molecule has 2 fully saturated rings. The lowest BCUT2D eigenvalue weighted by atomic mass is 9.89. The molecule has 0 radical (unpaired) electrons. The molecule has 2 rings (SSSR count). The summed E-state index contributed by atoms with van der Waals surface area (Å²) in [5.41, 5.74) is 6.22. The standard InChI is InChI=1S/C9H18N2S/c1-2-8-3-11(4-8)9(5-10)6-12-7-9/h8H,2-7,10H2,1H3. The molecule has 2 nitrogen and oxygen atoms in total. The predicted molar refractivity (Wildman–Crippen MR) is 54.5 cm³/mol. The van der Waals surface area contributed by atoms with Gasteiger partial charge in [-0.25, -0.2) is 0 Å². The second-order valence-electron chi connectivity index (χ2n) is 4.10. The largest absolute Gasteiger partial charge is 0.329 e. The maximum Gasteiger partial charge on any atom is 0.0512 e. The fourth-order valence-electron chi connectivity index (χ4n) is 1.98. The molecule has 12 heavy (non-hydrogen) atoms. The summed E-state index contributed by atoms with van der Waals surface area (Å²) >= 11 is 2.03. The molecule has 2 saturated heterocycles. The maximum absolute atomic E-state index is 5.81. The monoisotopic (exact) mass is 186 g/mol. The Morgan fingerprint density at radius 1 is 1.50 bits per heavy atom. The van der Waals surface area contributed by atoms with E-state index in [-0.39, 0.29) is 0 Å². The Kier molecular flexibility index (Phi) is 2.36. The number of rotatable bonds is 3. The topological polar surface area (TPSA) is 29.3 Å². The van der Waals surface area contributed by atoms with Gasteiger partial charge in [0.05, 0.1) is 5.54 Å². The molecule has 0 unspecified atom stereocenters. The average Bonchev–Trinajstić information content (AvgIpc) is 1.92. The number of hydrogen-bond donors (Lipinski definition) is 1. The van der Waals surface area contributed by atoms with Crippen LogP contribution in [0.5, 0.6) is 0 Å². The molecule has 0 aromatic rings. The van der Waals surface area contributed by atoms with E-state index >= 15 is 0 Å². The van der Waals surface area contributed by atoms with Gasteiger partial charge in [-0.2, -0.15) is 11.8 Å². The molecule has 0 bridgehead atoms. The number of hydrogen-bond acceptors (Lipinski definition) is 3. The Balaban J connectivity index is 1.85. The van der Waals surface area contributed by atoms with Crippen LogP contribution in [0.25, 0.3) is 0 Å². The van der Waals surface area contributed by atoms with Crippen LogP contribution in [0.15, 0.2) is 0 Å². The van der Waals surface area contributed by atoms with Gasteiger partial charge in [0.25, 0.3) is 0 Å². The highest BCUT2D eigenvalue weighted by molar-refractivity contribution is 8.00.